The number of rotatable bonds is 6. The number of nitrogens with zero attached hydrogens (tertiary/aromatic N) is 1. The van der Waals surface area contributed by atoms with E-state index in [4.69, 9.17) is 11.6 Å². The van der Waals surface area contributed by atoms with Crippen LogP contribution in [0.2, 0.25) is 5.02 Å². The van der Waals surface area contributed by atoms with E-state index in [-0.39, 0.29) is 0 Å². The molecule has 0 unspecified atom stereocenters. The summed E-state index contributed by atoms with van der Waals surface area (Å²) in [6, 6.07) is 8.33. The summed E-state index contributed by atoms with van der Waals surface area (Å²) in [7, 11) is 0. The highest BCUT2D eigenvalue weighted by atomic mass is 35.5. The predicted octanol–water partition coefficient (Wildman–Crippen LogP) is 3.66. The van der Waals surface area contributed by atoms with Crippen LogP contribution in [0.1, 0.15) is 26.1 Å². The van der Waals surface area contributed by atoms with Crippen molar-refractivity contribution in [2.45, 2.75) is 32.7 Å². The minimum atomic E-state index is 0.543. The van der Waals surface area contributed by atoms with Crippen molar-refractivity contribution in [2.75, 3.05) is 6.54 Å². The largest absolute Gasteiger partial charge is 0.342 e. The van der Waals surface area contributed by atoms with E-state index in [0.717, 1.165) is 41.5 Å². The summed E-state index contributed by atoms with van der Waals surface area (Å²) >= 11 is 5.88. The van der Waals surface area contributed by atoms with Gasteiger partial charge in [0.1, 0.15) is 5.82 Å². The molecule has 3 nitrogen and oxygen atoms in total. The van der Waals surface area contributed by atoms with E-state index in [9.17, 15) is 0 Å². The van der Waals surface area contributed by atoms with E-state index in [2.05, 4.69) is 29.1 Å². The van der Waals surface area contributed by atoms with Gasteiger partial charge in [-0.1, -0.05) is 37.6 Å². The molecule has 0 fully saturated rings. The minimum Gasteiger partial charge on any atom is -0.342 e. The van der Waals surface area contributed by atoms with Gasteiger partial charge >= 0.3 is 0 Å². The van der Waals surface area contributed by atoms with Gasteiger partial charge in [-0.05, 0) is 30.7 Å². The Balaban J connectivity index is 1.90. The number of aromatic nitrogens is 2. The summed E-state index contributed by atoms with van der Waals surface area (Å²) in [4.78, 5) is 7.77. The van der Waals surface area contributed by atoms with E-state index in [0.29, 0.717) is 6.04 Å². The molecule has 2 aromatic rings. The Hall–Kier alpha value is -1.32. The first-order valence-corrected chi connectivity index (χ1v) is 7.06. The molecule has 0 aliphatic heterocycles. The highest BCUT2D eigenvalue weighted by molar-refractivity contribution is 6.30. The van der Waals surface area contributed by atoms with Crippen molar-refractivity contribution in [3.63, 3.8) is 0 Å². The lowest BCUT2D eigenvalue weighted by Gasteiger charge is -2.06. The molecule has 1 aromatic carbocycles. The molecular weight excluding hydrogens is 258 g/mol. The summed E-state index contributed by atoms with van der Waals surface area (Å²) in [5, 5.41) is 4.16. The highest BCUT2D eigenvalue weighted by Crippen LogP contribution is 2.19. The van der Waals surface area contributed by atoms with Crippen LogP contribution in [0, 0.1) is 0 Å². The van der Waals surface area contributed by atoms with Crippen LogP contribution in [0.25, 0.3) is 11.3 Å². The van der Waals surface area contributed by atoms with Crippen LogP contribution in [-0.2, 0) is 6.42 Å². The van der Waals surface area contributed by atoms with Gasteiger partial charge in [0.2, 0.25) is 0 Å². The third-order valence-electron chi connectivity index (χ3n) is 2.93. The molecule has 4 heteroatoms. The second-order valence-electron chi connectivity index (χ2n) is 4.96. The molecule has 0 radical (unpaired) electrons. The second-order valence-corrected chi connectivity index (χ2v) is 5.40. The Morgan fingerprint density at radius 3 is 2.68 bits per heavy atom. The molecule has 19 heavy (non-hydrogen) atoms. The number of nitrogens with one attached hydrogen (secondary N) is 2. The van der Waals surface area contributed by atoms with Crippen LogP contribution in [-0.4, -0.2) is 22.6 Å². The Kier molecular flexibility index (Phi) is 5.00. The monoisotopic (exact) mass is 277 g/mol. The van der Waals surface area contributed by atoms with Gasteiger partial charge in [-0.15, -0.1) is 0 Å². The summed E-state index contributed by atoms with van der Waals surface area (Å²) < 4.78 is 0. The van der Waals surface area contributed by atoms with Crippen molar-refractivity contribution < 1.29 is 0 Å². The third-order valence-corrected chi connectivity index (χ3v) is 3.18. The molecule has 0 bridgehead atoms. The van der Waals surface area contributed by atoms with Gasteiger partial charge in [-0.3, -0.25) is 0 Å². The molecule has 0 aliphatic rings. The molecular formula is C15H20ClN3. The van der Waals surface area contributed by atoms with Gasteiger partial charge in [0.25, 0.3) is 0 Å². The standard InChI is InChI=1S/C15H20ClN3/c1-11(2)17-9-3-4-15-18-10-14(19-15)12-5-7-13(16)8-6-12/h5-8,10-11,17H,3-4,9H2,1-2H3,(H,18,19). The van der Waals surface area contributed by atoms with Gasteiger partial charge < -0.3 is 10.3 Å². The van der Waals surface area contributed by atoms with Crippen LogP contribution in [0.5, 0.6) is 0 Å². The first-order valence-electron chi connectivity index (χ1n) is 6.68. The Morgan fingerprint density at radius 2 is 2.00 bits per heavy atom. The molecule has 0 aliphatic carbocycles. The SMILES string of the molecule is CC(C)NCCCc1ncc(-c2ccc(Cl)cc2)[nH]1. The number of halogens is 1. The van der Waals surface area contributed by atoms with Crippen molar-refractivity contribution in [3.8, 4) is 11.3 Å². The Morgan fingerprint density at radius 1 is 1.26 bits per heavy atom. The van der Waals surface area contributed by atoms with Gasteiger partial charge in [-0.25, -0.2) is 4.98 Å². The zero-order chi connectivity index (χ0) is 13.7. The fourth-order valence-corrected chi connectivity index (χ4v) is 2.04. The molecule has 2 rings (SSSR count). The van der Waals surface area contributed by atoms with Crippen molar-refractivity contribution in [2.24, 2.45) is 0 Å². The molecule has 1 aromatic heterocycles. The fourth-order valence-electron chi connectivity index (χ4n) is 1.91. The van der Waals surface area contributed by atoms with Crippen LogP contribution in [0.3, 0.4) is 0 Å². The maximum Gasteiger partial charge on any atom is 0.106 e. The Labute approximate surface area is 119 Å². The summed E-state index contributed by atoms with van der Waals surface area (Å²) in [5.74, 6) is 1.04. The summed E-state index contributed by atoms with van der Waals surface area (Å²) in [6.45, 7) is 5.34. The maximum absolute atomic E-state index is 5.88. The van der Waals surface area contributed by atoms with E-state index in [1.54, 1.807) is 0 Å². The third kappa shape index (κ3) is 4.37. The minimum absolute atomic E-state index is 0.543. The van der Waals surface area contributed by atoms with Crippen molar-refractivity contribution in [3.05, 3.63) is 41.3 Å². The lowest BCUT2D eigenvalue weighted by molar-refractivity contribution is 0.567. The number of aryl methyl sites for hydroxylation is 1. The highest BCUT2D eigenvalue weighted by Gasteiger charge is 2.03. The smallest absolute Gasteiger partial charge is 0.106 e. The molecule has 102 valence electrons. The summed E-state index contributed by atoms with van der Waals surface area (Å²) in [5.41, 5.74) is 2.16. The molecule has 0 saturated heterocycles. The van der Waals surface area contributed by atoms with E-state index in [1.807, 2.05) is 30.5 Å². The topological polar surface area (TPSA) is 40.7 Å². The average molecular weight is 278 g/mol. The molecule has 1 heterocycles. The zero-order valence-electron chi connectivity index (χ0n) is 11.4. The van der Waals surface area contributed by atoms with Crippen LogP contribution < -0.4 is 5.32 Å². The van der Waals surface area contributed by atoms with Gasteiger partial charge in [0, 0.05) is 17.5 Å². The van der Waals surface area contributed by atoms with E-state index < -0.39 is 0 Å². The lowest BCUT2D eigenvalue weighted by atomic mass is 10.2. The molecule has 0 saturated carbocycles. The lowest BCUT2D eigenvalue weighted by Crippen LogP contribution is -2.24. The molecule has 0 atom stereocenters. The van der Waals surface area contributed by atoms with Crippen molar-refractivity contribution in [1.82, 2.24) is 15.3 Å². The number of hydrogen-bond donors (Lipinski definition) is 2. The number of H-pyrrole nitrogens is 1. The normalized spacial score (nSPS) is 11.2. The van der Waals surface area contributed by atoms with Gasteiger partial charge in [0.05, 0.1) is 11.9 Å². The molecule has 2 N–H and O–H groups in total. The number of benzene rings is 1. The Bertz CT molecular complexity index is 502. The number of aromatic amines is 1. The van der Waals surface area contributed by atoms with Gasteiger partial charge in [-0.2, -0.15) is 0 Å². The maximum atomic E-state index is 5.88. The molecule has 0 spiro atoms. The fraction of sp³-hybridized carbons (Fsp3) is 0.400. The van der Waals surface area contributed by atoms with Crippen LogP contribution >= 0.6 is 11.6 Å². The van der Waals surface area contributed by atoms with Crippen molar-refractivity contribution >= 4 is 11.6 Å². The second kappa shape index (κ2) is 6.73. The first-order chi connectivity index (χ1) is 9.15. The zero-order valence-corrected chi connectivity index (χ0v) is 12.2. The van der Waals surface area contributed by atoms with E-state index in [1.165, 1.54) is 0 Å². The summed E-state index contributed by atoms with van der Waals surface area (Å²) in [6.07, 6.45) is 3.94. The van der Waals surface area contributed by atoms with E-state index >= 15 is 0 Å². The quantitative estimate of drug-likeness (QED) is 0.791. The number of imidazole rings is 1. The van der Waals surface area contributed by atoms with Crippen LogP contribution in [0.4, 0.5) is 0 Å². The van der Waals surface area contributed by atoms with Crippen molar-refractivity contribution in [1.29, 1.82) is 0 Å². The average Bonchev–Trinajstić information content (AvgIpc) is 2.84. The molecule has 0 amide bonds. The first kappa shape index (κ1) is 14.1. The van der Waals surface area contributed by atoms with Gasteiger partial charge in [0.15, 0.2) is 0 Å². The van der Waals surface area contributed by atoms with Crippen LogP contribution in [0.15, 0.2) is 30.5 Å². The number of hydrogen-bond acceptors (Lipinski definition) is 2. The predicted molar refractivity (Wildman–Crippen MR) is 80.5 cm³/mol.